The molecule has 0 radical (unpaired) electrons. The summed E-state index contributed by atoms with van der Waals surface area (Å²) >= 11 is 1.44. The van der Waals surface area contributed by atoms with Crippen LogP contribution in [0.4, 0.5) is 0 Å². The number of aromatic nitrogens is 5. The number of carbonyl (C=O) groups is 2. The van der Waals surface area contributed by atoms with Gasteiger partial charge in [0.25, 0.3) is 5.91 Å². The molecule has 0 bridgehead atoms. The fourth-order valence-electron chi connectivity index (χ4n) is 5.54. The zero-order valence-electron chi connectivity index (χ0n) is 23.1. The van der Waals surface area contributed by atoms with Crippen molar-refractivity contribution in [3.8, 4) is 5.75 Å². The summed E-state index contributed by atoms with van der Waals surface area (Å²) in [6, 6.07) is 6.35. The van der Waals surface area contributed by atoms with Gasteiger partial charge in [0.1, 0.15) is 10.8 Å². The first-order valence-corrected chi connectivity index (χ1v) is 13.8. The molecule has 4 aromatic rings. The Balaban J connectivity index is 1.73. The van der Waals surface area contributed by atoms with Gasteiger partial charge in [-0.1, -0.05) is 26.8 Å². The monoisotopic (exact) mass is 560 g/mol. The summed E-state index contributed by atoms with van der Waals surface area (Å²) in [5.41, 5.74) is 0.00424. The Hall–Kier alpha value is -4.12. The van der Waals surface area contributed by atoms with Gasteiger partial charge >= 0.3 is 5.97 Å². The lowest BCUT2D eigenvalue weighted by molar-refractivity contribution is -0.150. The number of nitrogens with zero attached hydrogens (tertiary/aromatic N) is 6. The Kier molecular flexibility index (Phi) is 7.17. The molecule has 0 saturated carbocycles. The minimum absolute atomic E-state index is 0.0457. The first-order valence-electron chi connectivity index (χ1n) is 13.0. The fraction of sp³-hybridized carbons (Fsp3) is 0.379. The van der Waals surface area contributed by atoms with E-state index in [-0.39, 0.29) is 18.4 Å². The SMILES string of the molecule is COc1cc(C(=O)N2[C@@H](c3ncc(C)s3)[C@@H](c3cnccn3)C[C@@]2(Cn2cccn2)C(=O)O)ccc1C(C)(C)C. The van der Waals surface area contributed by atoms with E-state index in [1.54, 1.807) is 67.2 Å². The molecule has 1 aromatic carbocycles. The van der Waals surface area contributed by atoms with Crippen LogP contribution in [0.1, 0.15) is 70.7 Å². The molecule has 1 saturated heterocycles. The largest absolute Gasteiger partial charge is 0.496 e. The number of thiazole rings is 1. The zero-order chi connectivity index (χ0) is 28.7. The van der Waals surface area contributed by atoms with Gasteiger partial charge < -0.3 is 14.7 Å². The fourth-order valence-corrected chi connectivity index (χ4v) is 6.48. The third-order valence-corrected chi connectivity index (χ3v) is 8.37. The van der Waals surface area contributed by atoms with Crippen LogP contribution in [-0.2, 0) is 16.8 Å². The summed E-state index contributed by atoms with van der Waals surface area (Å²) in [5.74, 6) is -1.46. The third kappa shape index (κ3) is 4.85. The van der Waals surface area contributed by atoms with Crippen molar-refractivity contribution in [2.45, 2.75) is 63.6 Å². The van der Waals surface area contributed by atoms with E-state index in [2.05, 4.69) is 40.8 Å². The van der Waals surface area contributed by atoms with Gasteiger partial charge in [-0.25, -0.2) is 9.78 Å². The first-order chi connectivity index (χ1) is 19.0. The number of rotatable bonds is 7. The van der Waals surface area contributed by atoms with E-state index in [0.717, 1.165) is 10.4 Å². The van der Waals surface area contributed by atoms with Crippen LogP contribution >= 0.6 is 11.3 Å². The second-order valence-corrected chi connectivity index (χ2v) is 12.3. The average molecular weight is 561 g/mol. The number of carboxylic acids is 1. The molecule has 3 aromatic heterocycles. The Morgan fingerprint density at radius 2 is 1.98 bits per heavy atom. The van der Waals surface area contributed by atoms with Crippen LogP contribution in [0.3, 0.4) is 0 Å². The van der Waals surface area contributed by atoms with Gasteiger partial charge in [-0.2, -0.15) is 5.10 Å². The maximum atomic E-state index is 14.6. The van der Waals surface area contributed by atoms with Crippen LogP contribution in [-0.4, -0.2) is 59.3 Å². The second kappa shape index (κ2) is 10.5. The topological polar surface area (TPSA) is 123 Å². The van der Waals surface area contributed by atoms with E-state index in [1.807, 2.05) is 13.0 Å². The van der Waals surface area contributed by atoms with Crippen LogP contribution in [0.25, 0.3) is 0 Å². The molecule has 11 heteroatoms. The van der Waals surface area contributed by atoms with Crippen molar-refractivity contribution in [1.29, 1.82) is 0 Å². The molecule has 1 aliphatic rings. The van der Waals surface area contributed by atoms with Gasteiger partial charge in [-0.3, -0.25) is 19.4 Å². The van der Waals surface area contributed by atoms with Crippen LogP contribution in [0.2, 0.25) is 0 Å². The highest BCUT2D eigenvalue weighted by Gasteiger charge is 2.61. The maximum absolute atomic E-state index is 14.6. The molecule has 208 valence electrons. The predicted molar refractivity (Wildman–Crippen MR) is 149 cm³/mol. The number of carboxylic acid groups (broad SMARTS) is 1. The number of ether oxygens (including phenoxy) is 1. The minimum Gasteiger partial charge on any atom is -0.496 e. The normalized spacial score (nSPS) is 21.0. The van der Waals surface area contributed by atoms with Gasteiger partial charge in [0.2, 0.25) is 0 Å². The van der Waals surface area contributed by atoms with Crippen molar-refractivity contribution in [2.24, 2.45) is 0 Å². The summed E-state index contributed by atoms with van der Waals surface area (Å²) in [4.78, 5) is 43.8. The average Bonchev–Trinajstić information content (AvgIpc) is 3.67. The lowest BCUT2D eigenvalue weighted by Gasteiger charge is -2.37. The number of amides is 1. The summed E-state index contributed by atoms with van der Waals surface area (Å²) in [6.45, 7) is 8.09. The molecule has 5 rings (SSSR count). The van der Waals surface area contributed by atoms with E-state index >= 15 is 0 Å². The molecule has 1 aliphatic heterocycles. The van der Waals surface area contributed by atoms with Gasteiger partial charge in [-0.15, -0.1) is 11.3 Å². The van der Waals surface area contributed by atoms with E-state index in [9.17, 15) is 14.7 Å². The second-order valence-electron chi connectivity index (χ2n) is 11.1. The number of aryl methyl sites for hydroxylation is 1. The molecular formula is C29H32N6O4S. The van der Waals surface area contributed by atoms with Crippen molar-refractivity contribution in [1.82, 2.24) is 29.6 Å². The predicted octanol–water partition coefficient (Wildman–Crippen LogP) is 4.64. The van der Waals surface area contributed by atoms with Gasteiger partial charge in [0.15, 0.2) is 5.54 Å². The zero-order valence-corrected chi connectivity index (χ0v) is 23.9. The van der Waals surface area contributed by atoms with Crippen LogP contribution in [0.15, 0.2) is 61.4 Å². The molecule has 0 aliphatic carbocycles. The number of aliphatic carboxylic acids is 1. The highest BCUT2D eigenvalue weighted by Crippen LogP contribution is 2.53. The van der Waals surface area contributed by atoms with Crippen molar-refractivity contribution >= 4 is 23.2 Å². The highest BCUT2D eigenvalue weighted by molar-refractivity contribution is 7.11. The third-order valence-electron chi connectivity index (χ3n) is 7.39. The molecule has 3 atom stereocenters. The quantitative estimate of drug-likeness (QED) is 0.347. The number of hydrogen-bond acceptors (Lipinski definition) is 8. The molecule has 40 heavy (non-hydrogen) atoms. The molecule has 4 heterocycles. The Bertz CT molecular complexity index is 1520. The summed E-state index contributed by atoms with van der Waals surface area (Å²) in [5, 5.41) is 15.8. The lowest BCUT2D eigenvalue weighted by Crippen LogP contribution is -2.56. The number of benzene rings is 1. The number of carbonyl (C=O) groups excluding carboxylic acids is 1. The van der Waals surface area contributed by atoms with Crippen molar-refractivity contribution in [3.05, 3.63) is 88.2 Å². The lowest BCUT2D eigenvalue weighted by atomic mass is 9.85. The van der Waals surface area contributed by atoms with Gasteiger partial charge in [0, 0.05) is 53.5 Å². The van der Waals surface area contributed by atoms with Crippen molar-refractivity contribution < 1.29 is 19.4 Å². The molecule has 1 N–H and O–H groups in total. The molecule has 0 unspecified atom stereocenters. The maximum Gasteiger partial charge on any atom is 0.331 e. The summed E-state index contributed by atoms with van der Waals surface area (Å²) in [6.07, 6.45) is 9.92. The van der Waals surface area contributed by atoms with Crippen LogP contribution in [0.5, 0.6) is 5.75 Å². The van der Waals surface area contributed by atoms with Gasteiger partial charge in [-0.05, 0) is 42.5 Å². The number of methoxy groups -OCH3 is 1. The van der Waals surface area contributed by atoms with Crippen molar-refractivity contribution in [2.75, 3.05) is 7.11 Å². The molecule has 1 amide bonds. The van der Waals surface area contributed by atoms with Crippen molar-refractivity contribution in [3.63, 3.8) is 0 Å². The summed E-state index contributed by atoms with van der Waals surface area (Å²) in [7, 11) is 1.57. The number of hydrogen-bond donors (Lipinski definition) is 1. The molecule has 1 fully saturated rings. The van der Waals surface area contributed by atoms with E-state index < -0.39 is 29.4 Å². The molecular weight excluding hydrogens is 528 g/mol. The minimum atomic E-state index is -1.65. The van der Waals surface area contributed by atoms with E-state index in [4.69, 9.17) is 4.74 Å². The van der Waals surface area contributed by atoms with E-state index in [1.165, 1.54) is 16.2 Å². The molecule has 0 spiro atoms. The first kappa shape index (κ1) is 27.4. The Labute approximate surface area is 236 Å². The van der Waals surface area contributed by atoms with Crippen LogP contribution in [0, 0.1) is 6.92 Å². The Morgan fingerprint density at radius 3 is 2.55 bits per heavy atom. The Morgan fingerprint density at radius 1 is 1.18 bits per heavy atom. The van der Waals surface area contributed by atoms with Crippen LogP contribution < -0.4 is 4.74 Å². The van der Waals surface area contributed by atoms with Gasteiger partial charge in [0.05, 0.1) is 25.4 Å². The smallest absolute Gasteiger partial charge is 0.331 e. The summed E-state index contributed by atoms with van der Waals surface area (Å²) < 4.78 is 7.24. The van der Waals surface area contributed by atoms with E-state index in [0.29, 0.717) is 22.0 Å². The molecule has 10 nitrogen and oxygen atoms in total. The number of likely N-dealkylation sites (tertiary alicyclic amines) is 1. The highest BCUT2D eigenvalue weighted by atomic mass is 32.1. The standard InChI is InChI=1S/C29H32N6O4S/c1-18-15-32-25(40-18)24-20(22-16-30-10-11-31-22)14-29(27(37)38,17-34-12-6-9-33-34)35(24)26(36)19-7-8-21(28(2,3)4)23(13-19)39-5/h6-13,15-16,20,24H,14,17H2,1-5H3,(H,37,38)/t20-,24-,29-/m1/s1.